The molecule has 0 radical (unpaired) electrons. The molecule has 1 aromatic heterocycles. The maximum absolute atomic E-state index is 14.0. The van der Waals surface area contributed by atoms with E-state index in [1.165, 1.54) is 16.9 Å². The molecule has 0 bridgehead atoms. The number of thiazole rings is 1. The van der Waals surface area contributed by atoms with Gasteiger partial charge in [-0.15, -0.1) is 0 Å². The van der Waals surface area contributed by atoms with Crippen LogP contribution in [-0.4, -0.2) is 25.9 Å². The smallest absolute Gasteiger partial charge is 0.271 e. The summed E-state index contributed by atoms with van der Waals surface area (Å²) in [7, 11) is 4.91. The van der Waals surface area contributed by atoms with E-state index in [-0.39, 0.29) is 11.6 Å². The Morgan fingerprint density at radius 1 is 0.947 bits per heavy atom. The molecule has 2 aliphatic rings. The third kappa shape index (κ3) is 4.16. The lowest BCUT2D eigenvalue weighted by atomic mass is 9.83. The molecule has 0 N–H and O–H groups in total. The van der Waals surface area contributed by atoms with Gasteiger partial charge in [0, 0.05) is 5.56 Å². The van der Waals surface area contributed by atoms with Gasteiger partial charge in [0.1, 0.15) is 5.75 Å². The standard InChI is InChI=1S/C30H25IN2O4S/c1-35-23-12-8-17(14-22(23)31)15-26-29(34)33-28(19-10-13-24(36-2)25(16-19)37-3)21-11-9-18-6-4-5-7-20(18)27(21)32-30(33)38-26/h4-8,10,12-16,28H,9,11H2,1-3H3/b26-15-/t28-/m1/s1. The Labute approximate surface area is 237 Å². The number of halogens is 1. The van der Waals surface area contributed by atoms with Crippen LogP contribution in [0.2, 0.25) is 0 Å². The van der Waals surface area contributed by atoms with Crippen LogP contribution in [0.15, 0.2) is 76.0 Å². The molecule has 38 heavy (non-hydrogen) atoms. The highest BCUT2D eigenvalue weighted by molar-refractivity contribution is 14.1. The highest BCUT2D eigenvalue weighted by atomic mass is 127. The third-order valence-electron chi connectivity index (χ3n) is 7.07. The van der Waals surface area contributed by atoms with Gasteiger partial charge in [-0.1, -0.05) is 47.7 Å². The molecule has 3 aromatic carbocycles. The second-order valence-corrected chi connectivity index (χ2v) is 11.3. The Morgan fingerprint density at radius 3 is 2.47 bits per heavy atom. The van der Waals surface area contributed by atoms with Gasteiger partial charge in [-0.3, -0.25) is 9.36 Å². The van der Waals surface area contributed by atoms with Crippen molar-refractivity contribution < 1.29 is 14.2 Å². The normalized spacial score (nSPS) is 16.3. The monoisotopic (exact) mass is 636 g/mol. The van der Waals surface area contributed by atoms with Crippen LogP contribution in [-0.2, 0) is 6.42 Å². The zero-order chi connectivity index (χ0) is 26.4. The van der Waals surface area contributed by atoms with E-state index in [2.05, 4.69) is 46.9 Å². The Balaban J connectivity index is 1.60. The van der Waals surface area contributed by atoms with Crippen molar-refractivity contribution in [3.8, 4) is 17.2 Å². The number of ether oxygens (including phenoxy) is 3. The van der Waals surface area contributed by atoms with Crippen molar-refractivity contribution in [3.05, 3.63) is 112 Å². The number of rotatable bonds is 5. The molecule has 0 fully saturated rings. The molecule has 192 valence electrons. The fraction of sp³-hybridized carbons (Fsp3) is 0.200. The third-order valence-corrected chi connectivity index (χ3v) is 8.90. The number of hydrogen-bond donors (Lipinski definition) is 0. The van der Waals surface area contributed by atoms with Gasteiger partial charge in [-0.05, 0) is 88.0 Å². The van der Waals surface area contributed by atoms with Crippen LogP contribution in [0.4, 0.5) is 0 Å². The molecule has 1 aliphatic carbocycles. The number of allylic oxidation sites excluding steroid dienone is 1. The number of methoxy groups -OCH3 is 3. The van der Waals surface area contributed by atoms with Crippen molar-refractivity contribution >= 4 is 45.7 Å². The van der Waals surface area contributed by atoms with Crippen molar-refractivity contribution in [2.45, 2.75) is 18.9 Å². The molecule has 0 amide bonds. The number of hydrogen-bond acceptors (Lipinski definition) is 6. The van der Waals surface area contributed by atoms with E-state index in [1.54, 1.807) is 21.3 Å². The lowest BCUT2D eigenvalue weighted by molar-refractivity contribution is 0.354. The lowest BCUT2D eigenvalue weighted by Crippen LogP contribution is -2.38. The number of fused-ring (bicyclic) bond motifs is 3. The molecule has 1 aliphatic heterocycles. The van der Waals surface area contributed by atoms with Gasteiger partial charge in [-0.25, -0.2) is 4.99 Å². The zero-order valence-electron chi connectivity index (χ0n) is 21.2. The van der Waals surface area contributed by atoms with Crippen LogP contribution in [0.1, 0.15) is 34.7 Å². The summed E-state index contributed by atoms with van der Waals surface area (Å²) in [4.78, 5) is 19.8. The van der Waals surface area contributed by atoms with Crippen LogP contribution in [0.5, 0.6) is 17.2 Å². The highest BCUT2D eigenvalue weighted by Gasteiger charge is 2.33. The molecule has 6 rings (SSSR count). The first-order chi connectivity index (χ1) is 18.5. The molecule has 0 unspecified atom stereocenters. The molecule has 2 heterocycles. The summed E-state index contributed by atoms with van der Waals surface area (Å²) < 4.78 is 20.0. The molecular formula is C30H25IN2O4S. The van der Waals surface area contributed by atoms with Crippen LogP contribution in [0.3, 0.4) is 0 Å². The maximum Gasteiger partial charge on any atom is 0.271 e. The predicted octanol–water partition coefficient (Wildman–Crippen LogP) is 4.95. The van der Waals surface area contributed by atoms with E-state index in [4.69, 9.17) is 19.2 Å². The molecule has 6 nitrogen and oxygen atoms in total. The fourth-order valence-corrected chi connectivity index (χ4v) is 7.03. The van der Waals surface area contributed by atoms with Gasteiger partial charge in [0.2, 0.25) is 0 Å². The Morgan fingerprint density at radius 2 is 1.71 bits per heavy atom. The summed E-state index contributed by atoms with van der Waals surface area (Å²) in [5.74, 6) is 2.10. The first-order valence-corrected chi connectivity index (χ1v) is 14.1. The van der Waals surface area contributed by atoms with E-state index in [9.17, 15) is 4.79 Å². The number of aryl methyl sites for hydroxylation is 1. The lowest BCUT2D eigenvalue weighted by Gasteiger charge is -2.31. The topological polar surface area (TPSA) is 62.0 Å². The van der Waals surface area contributed by atoms with E-state index in [1.807, 2.05) is 47.0 Å². The summed E-state index contributed by atoms with van der Waals surface area (Å²) in [6, 6.07) is 19.9. The van der Waals surface area contributed by atoms with Gasteiger partial charge in [0.15, 0.2) is 16.3 Å². The first kappa shape index (κ1) is 24.9. The van der Waals surface area contributed by atoms with Crippen LogP contribution in [0.25, 0.3) is 11.8 Å². The van der Waals surface area contributed by atoms with Crippen molar-refractivity contribution in [2.75, 3.05) is 21.3 Å². The average molecular weight is 637 g/mol. The Kier molecular flexibility index (Phi) is 6.61. The molecule has 0 saturated carbocycles. The maximum atomic E-state index is 14.0. The van der Waals surface area contributed by atoms with E-state index < -0.39 is 0 Å². The minimum Gasteiger partial charge on any atom is -0.496 e. The molecule has 1 atom stereocenters. The highest BCUT2D eigenvalue weighted by Crippen LogP contribution is 2.42. The number of nitrogens with zero attached hydrogens (tertiary/aromatic N) is 2. The summed E-state index contributed by atoms with van der Waals surface area (Å²) in [5, 5.41) is 0. The molecule has 0 spiro atoms. The number of aromatic nitrogens is 1. The summed E-state index contributed by atoms with van der Waals surface area (Å²) >= 11 is 3.67. The van der Waals surface area contributed by atoms with Crippen LogP contribution < -0.4 is 29.1 Å². The largest absolute Gasteiger partial charge is 0.496 e. The van der Waals surface area contributed by atoms with Gasteiger partial charge >= 0.3 is 0 Å². The molecule has 8 heteroatoms. The fourth-order valence-electron chi connectivity index (χ4n) is 5.27. The minimum atomic E-state index is -0.285. The van der Waals surface area contributed by atoms with Gasteiger partial charge in [0.05, 0.1) is 41.2 Å². The van der Waals surface area contributed by atoms with Gasteiger partial charge in [0.25, 0.3) is 5.56 Å². The zero-order valence-corrected chi connectivity index (χ0v) is 24.1. The molecule has 0 saturated heterocycles. The van der Waals surface area contributed by atoms with Gasteiger partial charge in [-0.2, -0.15) is 0 Å². The summed E-state index contributed by atoms with van der Waals surface area (Å²) in [5.41, 5.74) is 6.40. The van der Waals surface area contributed by atoms with Crippen molar-refractivity contribution in [2.24, 2.45) is 4.99 Å². The van der Waals surface area contributed by atoms with Crippen LogP contribution >= 0.6 is 33.9 Å². The van der Waals surface area contributed by atoms with Crippen molar-refractivity contribution in [1.29, 1.82) is 0 Å². The van der Waals surface area contributed by atoms with Crippen molar-refractivity contribution in [1.82, 2.24) is 4.57 Å². The molecule has 4 aromatic rings. The Bertz CT molecular complexity index is 1790. The first-order valence-electron chi connectivity index (χ1n) is 12.2. The van der Waals surface area contributed by atoms with Gasteiger partial charge < -0.3 is 14.2 Å². The predicted molar refractivity (Wildman–Crippen MR) is 158 cm³/mol. The SMILES string of the molecule is COc1ccc(/C=c2\sc3n(c2=O)[C@H](c2ccc(OC)c(OC)c2)C2=C(N=3)c3ccccc3CC2)cc1I. The second-order valence-electron chi connectivity index (χ2n) is 9.12. The average Bonchev–Trinajstić information content (AvgIpc) is 3.25. The quantitative estimate of drug-likeness (QED) is 0.291. The summed E-state index contributed by atoms with van der Waals surface area (Å²) in [6.07, 6.45) is 3.67. The summed E-state index contributed by atoms with van der Waals surface area (Å²) in [6.45, 7) is 0. The Hall–Kier alpha value is -3.37. The van der Waals surface area contributed by atoms with Crippen LogP contribution in [0, 0.1) is 3.57 Å². The van der Waals surface area contributed by atoms with E-state index in [0.717, 1.165) is 50.1 Å². The number of benzene rings is 3. The second kappa shape index (κ2) is 10.1. The van der Waals surface area contributed by atoms with E-state index >= 15 is 0 Å². The van der Waals surface area contributed by atoms with E-state index in [0.29, 0.717) is 20.8 Å². The molecular weight excluding hydrogens is 611 g/mol. The van der Waals surface area contributed by atoms with Crippen molar-refractivity contribution in [3.63, 3.8) is 0 Å². The minimum absolute atomic E-state index is 0.0511.